The second-order valence-corrected chi connectivity index (χ2v) is 5.58. The van der Waals surface area contributed by atoms with Crippen molar-refractivity contribution < 1.29 is 4.79 Å². The van der Waals surface area contributed by atoms with E-state index >= 15 is 0 Å². The lowest BCUT2D eigenvalue weighted by Crippen LogP contribution is -2.34. The van der Waals surface area contributed by atoms with E-state index in [0.29, 0.717) is 12.2 Å². The lowest BCUT2D eigenvalue weighted by molar-refractivity contribution is 0.0763. The molecule has 1 aliphatic heterocycles. The van der Waals surface area contributed by atoms with Gasteiger partial charge in [-0.1, -0.05) is 41.5 Å². The number of hydrogen-bond acceptors (Lipinski definition) is 2. The van der Waals surface area contributed by atoms with Gasteiger partial charge in [-0.3, -0.25) is 9.89 Å². The minimum absolute atomic E-state index is 0.0182. The summed E-state index contributed by atoms with van der Waals surface area (Å²) in [6.07, 6.45) is 3.06. The number of amides is 1. The Morgan fingerprint density at radius 1 is 1.24 bits per heavy atom. The van der Waals surface area contributed by atoms with Crippen LogP contribution in [0.1, 0.15) is 29.4 Å². The molecule has 0 radical (unpaired) electrons. The number of carbonyl (C=O) groups excluding carboxylic acids is 1. The largest absolute Gasteiger partial charge is 0.333 e. The van der Waals surface area contributed by atoms with Gasteiger partial charge in [-0.05, 0) is 26.3 Å². The van der Waals surface area contributed by atoms with Crippen LogP contribution >= 0.6 is 0 Å². The smallest absolute Gasteiger partial charge is 0.272 e. The standard InChI is InChI=1S/C17H19N3O/c1-12-3-5-14(6-4-12)15-11-16(19-18-15)17(21)20-9-7-13(2)8-10-20/h3-7,11H,8-10H2,1-2H3,(H,18,19). The fraction of sp³-hybridized carbons (Fsp3) is 0.294. The van der Waals surface area contributed by atoms with Gasteiger partial charge in [0.2, 0.25) is 0 Å². The molecule has 4 heteroatoms. The Kier molecular flexibility index (Phi) is 3.60. The highest BCUT2D eigenvalue weighted by molar-refractivity contribution is 5.93. The summed E-state index contributed by atoms with van der Waals surface area (Å²) >= 11 is 0. The average Bonchev–Trinajstić information content (AvgIpc) is 2.98. The van der Waals surface area contributed by atoms with Crippen molar-refractivity contribution in [2.45, 2.75) is 20.3 Å². The van der Waals surface area contributed by atoms with Crippen LogP contribution in [0.3, 0.4) is 0 Å². The van der Waals surface area contributed by atoms with Gasteiger partial charge in [-0.15, -0.1) is 0 Å². The Balaban J connectivity index is 1.78. The number of rotatable bonds is 2. The molecule has 1 N–H and O–H groups in total. The zero-order valence-electron chi connectivity index (χ0n) is 12.4. The molecule has 0 saturated heterocycles. The van der Waals surface area contributed by atoms with Crippen molar-refractivity contribution in [1.82, 2.24) is 15.1 Å². The number of nitrogens with one attached hydrogen (secondary N) is 1. The van der Waals surface area contributed by atoms with Crippen LogP contribution in [0.25, 0.3) is 11.3 Å². The van der Waals surface area contributed by atoms with Gasteiger partial charge < -0.3 is 4.90 Å². The summed E-state index contributed by atoms with van der Waals surface area (Å²) in [4.78, 5) is 14.3. The molecule has 1 aliphatic rings. The van der Waals surface area contributed by atoms with Crippen molar-refractivity contribution in [1.29, 1.82) is 0 Å². The minimum Gasteiger partial charge on any atom is -0.333 e. The molecule has 0 aliphatic carbocycles. The van der Waals surface area contributed by atoms with E-state index in [9.17, 15) is 4.79 Å². The first-order valence-corrected chi connectivity index (χ1v) is 7.21. The topological polar surface area (TPSA) is 49.0 Å². The number of aromatic amines is 1. The second-order valence-electron chi connectivity index (χ2n) is 5.58. The molecule has 21 heavy (non-hydrogen) atoms. The van der Waals surface area contributed by atoms with Crippen LogP contribution in [0.2, 0.25) is 0 Å². The van der Waals surface area contributed by atoms with Crippen LogP contribution in [0.5, 0.6) is 0 Å². The highest BCUT2D eigenvalue weighted by Gasteiger charge is 2.19. The van der Waals surface area contributed by atoms with Crippen LogP contribution in [-0.4, -0.2) is 34.1 Å². The number of nitrogens with zero attached hydrogens (tertiary/aromatic N) is 2. The van der Waals surface area contributed by atoms with Crippen molar-refractivity contribution in [2.24, 2.45) is 0 Å². The van der Waals surface area contributed by atoms with Gasteiger partial charge in [-0.2, -0.15) is 5.10 Å². The Labute approximate surface area is 124 Å². The Bertz CT molecular complexity index is 682. The third-order valence-corrected chi connectivity index (χ3v) is 3.88. The molecule has 4 nitrogen and oxygen atoms in total. The van der Waals surface area contributed by atoms with Crippen molar-refractivity contribution in [3.63, 3.8) is 0 Å². The lowest BCUT2D eigenvalue weighted by Gasteiger charge is -2.24. The predicted octanol–water partition coefficient (Wildman–Crippen LogP) is 3.18. The zero-order valence-corrected chi connectivity index (χ0v) is 12.4. The van der Waals surface area contributed by atoms with Crippen molar-refractivity contribution >= 4 is 5.91 Å². The monoisotopic (exact) mass is 281 g/mol. The number of benzene rings is 1. The minimum atomic E-state index is 0.0182. The number of aromatic nitrogens is 2. The maximum atomic E-state index is 12.4. The van der Waals surface area contributed by atoms with Crippen LogP contribution in [0.4, 0.5) is 0 Å². The molecule has 1 aromatic heterocycles. The van der Waals surface area contributed by atoms with Gasteiger partial charge in [0, 0.05) is 18.7 Å². The molecule has 0 bridgehead atoms. The molecule has 0 fully saturated rings. The van der Waals surface area contributed by atoms with Gasteiger partial charge >= 0.3 is 0 Å². The van der Waals surface area contributed by atoms with Crippen LogP contribution in [0.15, 0.2) is 42.0 Å². The molecule has 0 saturated carbocycles. The van der Waals surface area contributed by atoms with Gasteiger partial charge in [0.1, 0.15) is 5.69 Å². The van der Waals surface area contributed by atoms with Crippen molar-refractivity contribution in [3.8, 4) is 11.3 Å². The summed E-state index contributed by atoms with van der Waals surface area (Å²) in [5.41, 5.74) is 4.94. The van der Waals surface area contributed by atoms with Crippen LogP contribution < -0.4 is 0 Å². The molecule has 0 atom stereocenters. The summed E-state index contributed by atoms with van der Waals surface area (Å²) in [5.74, 6) is 0.0182. The Morgan fingerprint density at radius 2 is 2.00 bits per heavy atom. The van der Waals surface area contributed by atoms with E-state index in [2.05, 4.69) is 30.1 Å². The van der Waals surface area contributed by atoms with Crippen molar-refractivity contribution in [3.05, 3.63) is 53.2 Å². The van der Waals surface area contributed by atoms with Gasteiger partial charge in [0.05, 0.1) is 5.69 Å². The molecule has 3 rings (SSSR count). The quantitative estimate of drug-likeness (QED) is 0.859. The lowest BCUT2D eigenvalue weighted by atomic mass is 10.1. The van der Waals surface area contributed by atoms with Crippen molar-refractivity contribution in [2.75, 3.05) is 13.1 Å². The third kappa shape index (κ3) is 2.89. The SMILES string of the molecule is CC1=CCN(C(=O)c2cc(-c3ccc(C)cc3)n[nH]2)CC1. The fourth-order valence-corrected chi connectivity index (χ4v) is 2.43. The Hall–Kier alpha value is -2.36. The number of carbonyl (C=O) groups is 1. The summed E-state index contributed by atoms with van der Waals surface area (Å²) in [7, 11) is 0. The van der Waals surface area contributed by atoms with Gasteiger partial charge in [-0.25, -0.2) is 0 Å². The molecule has 2 aromatic rings. The zero-order chi connectivity index (χ0) is 14.8. The molecular weight excluding hydrogens is 262 g/mol. The Morgan fingerprint density at radius 3 is 2.67 bits per heavy atom. The summed E-state index contributed by atoms with van der Waals surface area (Å²) in [5, 5.41) is 7.12. The molecule has 0 unspecified atom stereocenters. The predicted molar refractivity (Wildman–Crippen MR) is 83.0 cm³/mol. The number of hydrogen-bond donors (Lipinski definition) is 1. The number of aryl methyl sites for hydroxylation is 1. The van der Waals surface area contributed by atoms with E-state index in [4.69, 9.17) is 0 Å². The first-order chi connectivity index (χ1) is 10.1. The molecular formula is C17H19N3O. The van der Waals surface area contributed by atoms with Crippen LogP contribution in [-0.2, 0) is 0 Å². The summed E-state index contributed by atoms with van der Waals surface area (Å²) in [6, 6.07) is 9.96. The van der Waals surface area contributed by atoms with E-state index in [1.165, 1.54) is 11.1 Å². The highest BCUT2D eigenvalue weighted by atomic mass is 16.2. The van der Waals surface area contributed by atoms with Crippen LogP contribution in [0, 0.1) is 6.92 Å². The second kappa shape index (κ2) is 5.56. The average molecular weight is 281 g/mol. The molecule has 1 aromatic carbocycles. The van der Waals surface area contributed by atoms with Gasteiger partial charge in [0.25, 0.3) is 5.91 Å². The molecule has 2 heterocycles. The maximum absolute atomic E-state index is 12.4. The van der Waals surface area contributed by atoms with Gasteiger partial charge in [0.15, 0.2) is 0 Å². The third-order valence-electron chi connectivity index (χ3n) is 3.88. The first kappa shape index (κ1) is 13.6. The van der Waals surface area contributed by atoms with E-state index in [0.717, 1.165) is 24.2 Å². The maximum Gasteiger partial charge on any atom is 0.272 e. The van der Waals surface area contributed by atoms with E-state index in [1.54, 1.807) is 0 Å². The molecule has 1 amide bonds. The van der Waals surface area contributed by atoms with E-state index in [-0.39, 0.29) is 5.91 Å². The normalized spacial score (nSPS) is 15.0. The molecule has 108 valence electrons. The first-order valence-electron chi connectivity index (χ1n) is 7.21. The molecule has 0 spiro atoms. The summed E-state index contributed by atoms with van der Waals surface area (Å²) in [6.45, 7) is 5.62. The highest BCUT2D eigenvalue weighted by Crippen LogP contribution is 2.19. The number of H-pyrrole nitrogens is 1. The fourth-order valence-electron chi connectivity index (χ4n) is 2.43. The summed E-state index contributed by atoms with van der Waals surface area (Å²) < 4.78 is 0. The van der Waals surface area contributed by atoms with E-state index < -0.39 is 0 Å². The van der Waals surface area contributed by atoms with E-state index in [1.807, 2.05) is 35.2 Å².